The van der Waals surface area contributed by atoms with Crippen molar-refractivity contribution < 1.29 is 14.4 Å². The molecule has 2 fully saturated rings. The third kappa shape index (κ3) is 5.07. The molecular weight excluding hydrogens is 436 g/mol. The van der Waals surface area contributed by atoms with Crippen molar-refractivity contribution in [2.45, 2.75) is 32.9 Å². The Morgan fingerprint density at radius 1 is 1.09 bits per heavy atom. The van der Waals surface area contributed by atoms with E-state index in [9.17, 15) is 14.4 Å². The van der Waals surface area contributed by atoms with Gasteiger partial charge in [0.2, 0.25) is 5.91 Å². The smallest absolute Gasteiger partial charge is 0.324 e. The van der Waals surface area contributed by atoms with E-state index in [1.165, 1.54) is 17.1 Å². The summed E-state index contributed by atoms with van der Waals surface area (Å²) in [6, 6.07) is 12.9. The highest BCUT2D eigenvalue weighted by molar-refractivity contribution is 7.99. The molecule has 1 unspecified atom stereocenters. The quantitative estimate of drug-likeness (QED) is 0.639. The van der Waals surface area contributed by atoms with Gasteiger partial charge in [-0.25, -0.2) is 4.79 Å². The predicted octanol–water partition coefficient (Wildman–Crippen LogP) is 3.26. The number of amides is 4. The van der Waals surface area contributed by atoms with Crippen LogP contribution < -0.4 is 10.6 Å². The molecule has 0 aromatic heterocycles. The number of benzene rings is 2. The van der Waals surface area contributed by atoms with Crippen LogP contribution in [0.3, 0.4) is 0 Å². The Morgan fingerprint density at radius 2 is 1.79 bits per heavy atom. The Morgan fingerprint density at radius 3 is 2.45 bits per heavy atom. The molecule has 1 atom stereocenters. The first kappa shape index (κ1) is 23.3. The van der Waals surface area contributed by atoms with Gasteiger partial charge in [0, 0.05) is 36.8 Å². The number of carbonyl (C=O) groups excluding carboxylic acids is 3. The Kier molecular flexibility index (Phi) is 6.76. The number of hydrogen-bond acceptors (Lipinski definition) is 5. The first-order chi connectivity index (χ1) is 15.8. The minimum absolute atomic E-state index is 0.335. The van der Waals surface area contributed by atoms with Gasteiger partial charge in [-0.2, -0.15) is 11.8 Å². The van der Waals surface area contributed by atoms with E-state index < -0.39 is 23.4 Å². The molecule has 2 aliphatic heterocycles. The van der Waals surface area contributed by atoms with Crippen molar-refractivity contribution in [1.82, 2.24) is 15.1 Å². The molecule has 0 spiro atoms. The fraction of sp³-hybridized carbons (Fsp3) is 0.400. The molecule has 0 bridgehead atoms. The number of aryl methyl sites for hydroxylation is 2. The third-order valence-electron chi connectivity index (χ3n) is 6.28. The van der Waals surface area contributed by atoms with Crippen molar-refractivity contribution in [3.05, 3.63) is 64.7 Å². The fourth-order valence-electron chi connectivity index (χ4n) is 4.24. The molecule has 4 rings (SSSR count). The molecule has 33 heavy (non-hydrogen) atoms. The van der Waals surface area contributed by atoms with Crippen LogP contribution in [0.15, 0.2) is 42.5 Å². The standard InChI is InChI=1S/C25H30N4O3S/c1-17-4-7-20(8-5-17)25(3)23(31)29(24(32)27-25)16-22(30)26-21-9-6-19(14-18(21)2)15-28-10-12-33-13-11-28/h4-9,14H,10-13,15-16H2,1-3H3,(H,26,30)(H,27,32). The van der Waals surface area contributed by atoms with Crippen LogP contribution in [0.2, 0.25) is 0 Å². The van der Waals surface area contributed by atoms with E-state index in [4.69, 9.17) is 0 Å². The summed E-state index contributed by atoms with van der Waals surface area (Å²) in [5.74, 6) is 1.49. The van der Waals surface area contributed by atoms with E-state index in [2.05, 4.69) is 21.6 Å². The summed E-state index contributed by atoms with van der Waals surface area (Å²) in [6.07, 6.45) is 0. The van der Waals surface area contributed by atoms with Crippen LogP contribution in [0, 0.1) is 13.8 Å². The molecule has 2 heterocycles. The van der Waals surface area contributed by atoms with Gasteiger partial charge in [0.05, 0.1) is 0 Å². The van der Waals surface area contributed by atoms with E-state index in [1.54, 1.807) is 6.92 Å². The molecule has 2 saturated heterocycles. The van der Waals surface area contributed by atoms with Crippen molar-refractivity contribution in [2.75, 3.05) is 36.5 Å². The average molecular weight is 467 g/mol. The SMILES string of the molecule is Cc1ccc(C2(C)NC(=O)N(CC(=O)Nc3ccc(CN4CCSCC4)cc3C)C2=O)cc1. The molecule has 174 valence electrons. The zero-order valence-corrected chi connectivity index (χ0v) is 20.1. The highest BCUT2D eigenvalue weighted by atomic mass is 32.2. The van der Waals surface area contributed by atoms with Crippen LogP contribution in [-0.2, 0) is 21.7 Å². The largest absolute Gasteiger partial charge is 0.325 e. The van der Waals surface area contributed by atoms with Gasteiger partial charge in [0.15, 0.2) is 0 Å². The molecule has 8 heteroatoms. The minimum atomic E-state index is -1.18. The predicted molar refractivity (Wildman–Crippen MR) is 131 cm³/mol. The number of nitrogens with one attached hydrogen (secondary N) is 2. The van der Waals surface area contributed by atoms with Gasteiger partial charge in [0.25, 0.3) is 5.91 Å². The summed E-state index contributed by atoms with van der Waals surface area (Å²) < 4.78 is 0. The molecule has 7 nitrogen and oxygen atoms in total. The fourth-order valence-corrected chi connectivity index (χ4v) is 5.22. The molecule has 0 radical (unpaired) electrons. The lowest BCUT2D eigenvalue weighted by Crippen LogP contribution is -2.42. The van der Waals surface area contributed by atoms with Gasteiger partial charge in [-0.05, 0) is 43.5 Å². The monoisotopic (exact) mass is 466 g/mol. The molecule has 0 aliphatic carbocycles. The zero-order chi connectivity index (χ0) is 23.6. The lowest BCUT2D eigenvalue weighted by molar-refractivity contribution is -0.133. The van der Waals surface area contributed by atoms with Crippen molar-refractivity contribution in [1.29, 1.82) is 0 Å². The highest BCUT2D eigenvalue weighted by Crippen LogP contribution is 2.29. The first-order valence-electron chi connectivity index (χ1n) is 11.2. The van der Waals surface area contributed by atoms with Gasteiger partial charge >= 0.3 is 6.03 Å². The topological polar surface area (TPSA) is 81.8 Å². The van der Waals surface area contributed by atoms with E-state index in [-0.39, 0.29) is 6.54 Å². The molecule has 2 aromatic rings. The Balaban J connectivity index is 1.39. The van der Waals surface area contributed by atoms with Crippen LogP contribution in [0.1, 0.15) is 29.2 Å². The molecular formula is C25H30N4O3S. The highest BCUT2D eigenvalue weighted by Gasteiger charge is 2.49. The summed E-state index contributed by atoms with van der Waals surface area (Å²) in [6.45, 7) is 8.33. The summed E-state index contributed by atoms with van der Waals surface area (Å²) in [4.78, 5) is 41.7. The van der Waals surface area contributed by atoms with Gasteiger partial charge in [-0.3, -0.25) is 19.4 Å². The van der Waals surface area contributed by atoms with Crippen molar-refractivity contribution in [3.8, 4) is 0 Å². The maximum absolute atomic E-state index is 13.1. The second kappa shape index (κ2) is 9.57. The Labute approximate surface area is 198 Å². The van der Waals surface area contributed by atoms with Gasteiger partial charge in [-0.15, -0.1) is 0 Å². The maximum atomic E-state index is 13.1. The van der Waals surface area contributed by atoms with Crippen LogP contribution >= 0.6 is 11.8 Å². The molecule has 0 saturated carbocycles. The van der Waals surface area contributed by atoms with Crippen LogP contribution in [0.4, 0.5) is 10.5 Å². The van der Waals surface area contributed by atoms with Gasteiger partial charge in [-0.1, -0.05) is 42.0 Å². The molecule has 2 N–H and O–H groups in total. The average Bonchev–Trinajstić information content (AvgIpc) is 3.00. The third-order valence-corrected chi connectivity index (χ3v) is 7.22. The van der Waals surface area contributed by atoms with E-state index >= 15 is 0 Å². The Bertz CT molecular complexity index is 1070. The summed E-state index contributed by atoms with van der Waals surface area (Å²) in [5.41, 5.74) is 3.41. The van der Waals surface area contributed by atoms with Gasteiger partial charge in [0.1, 0.15) is 12.1 Å². The normalized spacial score (nSPS) is 21.2. The van der Waals surface area contributed by atoms with Crippen LogP contribution in [0.25, 0.3) is 0 Å². The molecule has 4 amide bonds. The van der Waals surface area contributed by atoms with Crippen LogP contribution in [0.5, 0.6) is 0 Å². The van der Waals surface area contributed by atoms with Crippen LogP contribution in [-0.4, -0.2) is 58.8 Å². The lowest BCUT2D eigenvalue weighted by Gasteiger charge is -2.26. The maximum Gasteiger partial charge on any atom is 0.325 e. The number of rotatable bonds is 6. The second-order valence-corrected chi connectivity index (χ2v) is 10.1. The molecule has 2 aliphatic rings. The number of imide groups is 1. The Hall–Kier alpha value is -2.84. The lowest BCUT2D eigenvalue weighted by atomic mass is 9.91. The molecule has 2 aromatic carbocycles. The summed E-state index contributed by atoms with van der Waals surface area (Å²) in [7, 11) is 0. The zero-order valence-electron chi connectivity index (χ0n) is 19.3. The number of hydrogen-bond donors (Lipinski definition) is 2. The number of thioether (sulfide) groups is 1. The number of anilines is 1. The van der Waals surface area contributed by atoms with Crippen molar-refractivity contribution in [3.63, 3.8) is 0 Å². The number of urea groups is 1. The van der Waals surface area contributed by atoms with Crippen molar-refractivity contribution in [2.24, 2.45) is 0 Å². The van der Waals surface area contributed by atoms with Gasteiger partial charge < -0.3 is 10.6 Å². The second-order valence-electron chi connectivity index (χ2n) is 8.90. The van der Waals surface area contributed by atoms with E-state index in [1.807, 2.05) is 62.0 Å². The minimum Gasteiger partial charge on any atom is -0.324 e. The summed E-state index contributed by atoms with van der Waals surface area (Å²) in [5, 5.41) is 5.60. The first-order valence-corrected chi connectivity index (χ1v) is 12.3. The number of carbonyl (C=O) groups is 3. The van der Waals surface area contributed by atoms with E-state index in [0.717, 1.165) is 35.7 Å². The summed E-state index contributed by atoms with van der Waals surface area (Å²) >= 11 is 1.99. The van der Waals surface area contributed by atoms with Crippen molar-refractivity contribution >= 4 is 35.3 Å². The number of nitrogens with zero attached hydrogens (tertiary/aromatic N) is 2. The van der Waals surface area contributed by atoms with E-state index in [0.29, 0.717) is 11.3 Å².